The average Bonchev–Trinajstić information content (AvgIpc) is 2.37. The molecule has 2 aliphatic rings. The van der Waals surface area contributed by atoms with Crippen molar-refractivity contribution in [1.29, 1.82) is 0 Å². The van der Waals surface area contributed by atoms with Crippen LogP contribution >= 0.6 is 0 Å². The summed E-state index contributed by atoms with van der Waals surface area (Å²) in [7, 11) is 0. The molecule has 0 radical (unpaired) electrons. The molecule has 2 rings (SSSR count). The molecule has 0 heteroatoms. The van der Waals surface area contributed by atoms with E-state index in [4.69, 9.17) is 0 Å². The zero-order chi connectivity index (χ0) is 8.39. The number of rotatable bonds is 1. The Morgan fingerprint density at radius 3 is 2.00 bits per heavy atom. The maximum Gasteiger partial charge on any atom is -0.0383 e. The van der Waals surface area contributed by atoms with Crippen molar-refractivity contribution in [2.24, 2.45) is 17.8 Å². The minimum Gasteiger partial charge on any atom is -0.0651 e. The average molecular weight is 166 g/mol. The van der Waals surface area contributed by atoms with Gasteiger partial charge in [-0.25, -0.2) is 0 Å². The molecule has 0 amide bonds. The third-order valence-electron chi connectivity index (χ3n) is 4.17. The summed E-state index contributed by atoms with van der Waals surface area (Å²) >= 11 is 0. The molecule has 2 saturated carbocycles. The topological polar surface area (TPSA) is 0 Å². The van der Waals surface area contributed by atoms with E-state index in [9.17, 15) is 0 Å². The lowest BCUT2D eigenvalue weighted by atomic mass is 9.92. The molecule has 0 heterocycles. The molecule has 0 spiro atoms. The molecule has 0 nitrogen and oxygen atoms in total. The van der Waals surface area contributed by atoms with Crippen molar-refractivity contribution >= 4 is 0 Å². The van der Waals surface area contributed by atoms with Crippen LogP contribution in [0.4, 0.5) is 0 Å². The highest BCUT2D eigenvalue weighted by Crippen LogP contribution is 2.44. The lowest BCUT2D eigenvalue weighted by molar-refractivity contribution is 0.367. The fourth-order valence-corrected chi connectivity index (χ4v) is 3.37. The molecule has 0 aliphatic heterocycles. The number of fused-ring (bicyclic) bond motifs is 1. The van der Waals surface area contributed by atoms with Crippen LogP contribution in [-0.4, -0.2) is 0 Å². The van der Waals surface area contributed by atoms with Gasteiger partial charge in [0.15, 0.2) is 0 Å². The van der Waals surface area contributed by atoms with Crippen molar-refractivity contribution < 1.29 is 0 Å². The molecule has 0 aromatic rings. The smallest absolute Gasteiger partial charge is 0.0383 e. The summed E-state index contributed by atoms with van der Waals surface area (Å²) in [6.45, 7) is 2.37. The molecule has 12 heavy (non-hydrogen) atoms. The lowest BCUT2D eigenvalue weighted by Gasteiger charge is -2.14. The first kappa shape index (κ1) is 8.59. The molecule has 2 atom stereocenters. The fraction of sp³-hybridized carbons (Fsp3) is 1.00. The summed E-state index contributed by atoms with van der Waals surface area (Å²) in [5.41, 5.74) is 0. The molecular formula is C12H22. The van der Waals surface area contributed by atoms with Gasteiger partial charge in [0.1, 0.15) is 0 Å². The number of hydrogen-bond acceptors (Lipinski definition) is 0. The molecule has 0 bridgehead atoms. The van der Waals surface area contributed by atoms with E-state index >= 15 is 0 Å². The van der Waals surface area contributed by atoms with Gasteiger partial charge in [0.25, 0.3) is 0 Å². The van der Waals surface area contributed by atoms with Crippen molar-refractivity contribution in [3.8, 4) is 0 Å². The van der Waals surface area contributed by atoms with Crippen molar-refractivity contribution in [2.45, 2.75) is 58.3 Å². The standard InChI is InChI=1S/C12H22/c1-2-10-8-11-6-4-3-5-7-12(11)9-10/h10-12H,2-9H2,1H3/t11-,12-/m0/s1. The quantitative estimate of drug-likeness (QED) is 0.552. The number of hydrogen-bond donors (Lipinski definition) is 0. The van der Waals surface area contributed by atoms with Gasteiger partial charge in [0.2, 0.25) is 0 Å². The van der Waals surface area contributed by atoms with Gasteiger partial charge in [-0.3, -0.25) is 0 Å². The molecule has 0 aromatic carbocycles. The summed E-state index contributed by atoms with van der Waals surface area (Å²) in [5, 5.41) is 0. The van der Waals surface area contributed by atoms with Crippen molar-refractivity contribution in [3.05, 3.63) is 0 Å². The molecule has 0 aromatic heterocycles. The van der Waals surface area contributed by atoms with E-state index in [0.29, 0.717) is 0 Å². The Balaban J connectivity index is 1.92. The molecular weight excluding hydrogens is 144 g/mol. The van der Waals surface area contributed by atoms with E-state index in [1.807, 2.05) is 0 Å². The molecule has 2 fully saturated rings. The first-order chi connectivity index (χ1) is 5.90. The molecule has 2 aliphatic carbocycles. The van der Waals surface area contributed by atoms with Crippen LogP contribution in [0.5, 0.6) is 0 Å². The van der Waals surface area contributed by atoms with Gasteiger partial charge in [-0.15, -0.1) is 0 Å². The second-order valence-corrected chi connectivity index (χ2v) is 4.90. The first-order valence-electron chi connectivity index (χ1n) is 5.90. The third kappa shape index (κ3) is 1.67. The molecule has 0 saturated heterocycles. The Hall–Kier alpha value is 0. The maximum atomic E-state index is 2.37. The van der Waals surface area contributed by atoms with Gasteiger partial charge in [0.05, 0.1) is 0 Å². The van der Waals surface area contributed by atoms with Crippen LogP contribution in [0.25, 0.3) is 0 Å². The van der Waals surface area contributed by atoms with Gasteiger partial charge in [-0.05, 0) is 30.6 Å². The van der Waals surface area contributed by atoms with Crippen LogP contribution in [0.15, 0.2) is 0 Å². The highest BCUT2D eigenvalue weighted by molar-refractivity contribution is 4.84. The van der Waals surface area contributed by atoms with Gasteiger partial charge in [-0.1, -0.05) is 45.4 Å². The Morgan fingerprint density at radius 1 is 0.917 bits per heavy atom. The SMILES string of the molecule is CCC1C[C@@H]2CCCCC[C@H]2C1. The van der Waals surface area contributed by atoms with Crippen LogP contribution < -0.4 is 0 Å². The monoisotopic (exact) mass is 166 g/mol. The predicted octanol–water partition coefficient (Wildman–Crippen LogP) is 4.00. The third-order valence-corrected chi connectivity index (χ3v) is 4.17. The minimum absolute atomic E-state index is 1.10. The normalized spacial score (nSPS) is 37.8. The van der Waals surface area contributed by atoms with Crippen LogP contribution in [-0.2, 0) is 0 Å². The molecule has 0 N–H and O–H groups in total. The lowest BCUT2D eigenvalue weighted by Crippen LogP contribution is -2.04. The van der Waals surface area contributed by atoms with Gasteiger partial charge >= 0.3 is 0 Å². The minimum atomic E-state index is 1.10. The fourth-order valence-electron chi connectivity index (χ4n) is 3.37. The molecule has 0 unspecified atom stereocenters. The largest absolute Gasteiger partial charge is 0.0651 e. The predicted molar refractivity (Wildman–Crippen MR) is 53.1 cm³/mol. The van der Waals surface area contributed by atoms with Gasteiger partial charge in [-0.2, -0.15) is 0 Å². The maximum absolute atomic E-state index is 2.37. The van der Waals surface area contributed by atoms with Gasteiger partial charge in [0, 0.05) is 0 Å². The zero-order valence-corrected chi connectivity index (χ0v) is 8.39. The van der Waals surface area contributed by atoms with E-state index in [1.165, 1.54) is 25.7 Å². The Morgan fingerprint density at radius 2 is 1.50 bits per heavy atom. The Labute approximate surface area is 76.7 Å². The van der Waals surface area contributed by atoms with E-state index in [0.717, 1.165) is 17.8 Å². The van der Waals surface area contributed by atoms with Crippen LogP contribution in [0.1, 0.15) is 58.3 Å². The van der Waals surface area contributed by atoms with E-state index in [1.54, 1.807) is 25.7 Å². The van der Waals surface area contributed by atoms with E-state index in [-0.39, 0.29) is 0 Å². The molecule has 70 valence electrons. The second-order valence-electron chi connectivity index (χ2n) is 4.90. The summed E-state index contributed by atoms with van der Waals surface area (Å²) in [6.07, 6.45) is 12.3. The van der Waals surface area contributed by atoms with Crippen molar-refractivity contribution in [2.75, 3.05) is 0 Å². The summed E-state index contributed by atoms with van der Waals surface area (Å²) in [4.78, 5) is 0. The van der Waals surface area contributed by atoms with Crippen LogP contribution in [0, 0.1) is 17.8 Å². The highest BCUT2D eigenvalue weighted by Gasteiger charge is 2.33. The first-order valence-corrected chi connectivity index (χ1v) is 5.90. The van der Waals surface area contributed by atoms with Crippen molar-refractivity contribution in [1.82, 2.24) is 0 Å². The van der Waals surface area contributed by atoms with E-state index in [2.05, 4.69) is 6.92 Å². The zero-order valence-electron chi connectivity index (χ0n) is 8.39. The Kier molecular flexibility index (Phi) is 2.73. The Bertz CT molecular complexity index is 125. The van der Waals surface area contributed by atoms with Gasteiger partial charge < -0.3 is 0 Å². The highest BCUT2D eigenvalue weighted by atomic mass is 14.4. The van der Waals surface area contributed by atoms with Crippen molar-refractivity contribution in [3.63, 3.8) is 0 Å². The van der Waals surface area contributed by atoms with Crippen LogP contribution in [0.2, 0.25) is 0 Å². The second kappa shape index (κ2) is 3.81. The summed E-state index contributed by atoms with van der Waals surface area (Å²) in [5.74, 6) is 3.37. The van der Waals surface area contributed by atoms with E-state index < -0.39 is 0 Å². The van der Waals surface area contributed by atoms with Crippen LogP contribution in [0.3, 0.4) is 0 Å². The summed E-state index contributed by atoms with van der Waals surface area (Å²) < 4.78 is 0. The summed E-state index contributed by atoms with van der Waals surface area (Å²) in [6, 6.07) is 0.